The Balaban J connectivity index is 3.21. The van der Waals surface area contributed by atoms with E-state index in [1.54, 1.807) is 0 Å². The molecule has 0 spiro atoms. The molecule has 0 atom stereocenters. The number of hydrogen-bond acceptors (Lipinski definition) is 5. The number of hydrogen-bond donors (Lipinski definition) is 3. The van der Waals surface area contributed by atoms with Crippen molar-refractivity contribution in [1.29, 1.82) is 0 Å². The molecule has 0 saturated heterocycles. The number of amidine groups is 1. The maximum Gasteiger partial charge on any atom is 0.173 e. The number of rotatable bonds is 4. The second-order valence-corrected chi connectivity index (χ2v) is 4.40. The van der Waals surface area contributed by atoms with E-state index in [2.05, 4.69) is 10.1 Å². The quantitative estimate of drug-likeness (QED) is 0.239. The fraction of sp³-hybridized carbons (Fsp3) is 0.400. The van der Waals surface area contributed by atoms with Gasteiger partial charge in [0.25, 0.3) is 0 Å². The molecule has 0 fully saturated rings. The molecule has 1 aromatic rings. The van der Waals surface area contributed by atoms with Gasteiger partial charge in [0.2, 0.25) is 0 Å². The predicted octanol–water partition coefficient (Wildman–Crippen LogP) is 0.877. The van der Waals surface area contributed by atoms with Crippen molar-refractivity contribution in [2.75, 3.05) is 12.4 Å². The summed E-state index contributed by atoms with van der Waals surface area (Å²) >= 11 is 1.39. The molecule has 0 unspecified atom stereocenters. The first-order valence-electron chi connectivity index (χ1n) is 4.80. The van der Waals surface area contributed by atoms with Gasteiger partial charge in [-0.1, -0.05) is 5.16 Å². The van der Waals surface area contributed by atoms with Gasteiger partial charge in [0.1, 0.15) is 5.03 Å². The van der Waals surface area contributed by atoms with Crippen molar-refractivity contribution in [2.45, 2.75) is 18.9 Å². The third-order valence-corrected chi connectivity index (χ3v) is 2.96. The number of pyridine rings is 1. The first-order chi connectivity index (χ1) is 7.60. The average Bonchev–Trinajstić information content (AvgIpc) is 2.24. The van der Waals surface area contributed by atoms with Crippen molar-refractivity contribution in [3.05, 3.63) is 22.9 Å². The largest absolute Gasteiger partial charge is 0.409 e. The summed E-state index contributed by atoms with van der Waals surface area (Å²) in [5.74, 6) is 0.576. The molecule has 0 aliphatic carbocycles. The van der Waals surface area contributed by atoms with E-state index in [1.807, 2.05) is 19.9 Å². The molecule has 16 heavy (non-hydrogen) atoms. The van der Waals surface area contributed by atoms with Gasteiger partial charge in [-0.25, -0.2) is 4.98 Å². The summed E-state index contributed by atoms with van der Waals surface area (Å²) in [6.45, 7) is 3.83. The Morgan fingerprint density at radius 1 is 1.56 bits per heavy atom. The van der Waals surface area contributed by atoms with E-state index in [4.69, 9.17) is 16.0 Å². The number of oxime groups is 1. The summed E-state index contributed by atoms with van der Waals surface area (Å²) in [5, 5.41) is 21.2. The van der Waals surface area contributed by atoms with Crippen LogP contribution in [-0.2, 0) is 0 Å². The summed E-state index contributed by atoms with van der Waals surface area (Å²) in [4.78, 5) is 4.32. The Hall–Kier alpha value is -1.27. The lowest BCUT2D eigenvalue weighted by atomic mass is 10.1. The van der Waals surface area contributed by atoms with Gasteiger partial charge in [-0.2, -0.15) is 0 Å². The summed E-state index contributed by atoms with van der Waals surface area (Å²) < 4.78 is 0. The second-order valence-electron chi connectivity index (χ2n) is 3.32. The van der Waals surface area contributed by atoms with Gasteiger partial charge < -0.3 is 16.0 Å². The fourth-order valence-electron chi connectivity index (χ4n) is 1.41. The Morgan fingerprint density at radius 2 is 2.25 bits per heavy atom. The van der Waals surface area contributed by atoms with Gasteiger partial charge in [0.05, 0.1) is 12.2 Å². The molecule has 0 aliphatic heterocycles. The molecule has 6 heteroatoms. The molecule has 0 saturated carbocycles. The Morgan fingerprint density at radius 3 is 2.81 bits per heavy atom. The zero-order valence-corrected chi connectivity index (χ0v) is 10.1. The lowest BCUT2D eigenvalue weighted by Crippen LogP contribution is -2.17. The molecule has 0 bridgehead atoms. The zero-order valence-electron chi connectivity index (χ0n) is 9.27. The van der Waals surface area contributed by atoms with Gasteiger partial charge in [-0.05, 0) is 25.5 Å². The summed E-state index contributed by atoms with van der Waals surface area (Å²) in [6, 6.07) is 1.87. The van der Waals surface area contributed by atoms with Crippen LogP contribution in [0.25, 0.3) is 0 Å². The van der Waals surface area contributed by atoms with Crippen LogP contribution in [0.5, 0.6) is 0 Å². The van der Waals surface area contributed by atoms with E-state index in [0.717, 1.165) is 11.3 Å². The Kier molecular flexibility index (Phi) is 4.57. The molecule has 0 aromatic carbocycles. The molecule has 1 heterocycles. The third-order valence-electron chi connectivity index (χ3n) is 2.01. The number of nitrogens with two attached hydrogens (primary N) is 1. The molecule has 88 valence electrons. The number of aliphatic hydroxyl groups excluding tert-OH is 1. The molecular formula is C10H15N3O2S. The second kappa shape index (κ2) is 5.72. The van der Waals surface area contributed by atoms with Crippen LogP contribution in [0.2, 0.25) is 0 Å². The van der Waals surface area contributed by atoms with E-state index < -0.39 is 0 Å². The van der Waals surface area contributed by atoms with Crippen LogP contribution in [0.3, 0.4) is 0 Å². The predicted molar refractivity (Wildman–Crippen MR) is 64.0 cm³/mol. The minimum atomic E-state index is 0.0467. The van der Waals surface area contributed by atoms with Crippen molar-refractivity contribution in [2.24, 2.45) is 10.9 Å². The lowest BCUT2D eigenvalue weighted by molar-refractivity contribution is 0.318. The van der Waals surface area contributed by atoms with Crippen molar-refractivity contribution < 1.29 is 10.3 Å². The van der Waals surface area contributed by atoms with Crippen LogP contribution in [-0.4, -0.2) is 33.5 Å². The SMILES string of the molecule is Cc1cc(C)c(C(N)=NO)c(SCCO)n1. The molecule has 1 rings (SSSR count). The maximum absolute atomic E-state index is 8.79. The third kappa shape index (κ3) is 2.86. The molecule has 0 radical (unpaired) electrons. The van der Waals surface area contributed by atoms with Gasteiger partial charge >= 0.3 is 0 Å². The molecule has 1 aromatic heterocycles. The van der Waals surface area contributed by atoms with Crippen molar-refractivity contribution in [3.8, 4) is 0 Å². The minimum absolute atomic E-state index is 0.0467. The van der Waals surface area contributed by atoms with Crippen LogP contribution in [0.15, 0.2) is 16.2 Å². The van der Waals surface area contributed by atoms with E-state index in [0.29, 0.717) is 16.3 Å². The first kappa shape index (κ1) is 12.8. The lowest BCUT2D eigenvalue weighted by Gasteiger charge is -2.10. The zero-order chi connectivity index (χ0) is 12.1. The molecule has 5 nitrogen and oxygen atoms in total. The Labute approximate surface area is 98.4 Å². The molecule has 0 amide bonds. The van der Waals surface area contributed by atoms with Gasteiger partial charge in [-0.3, -0.25) is 0 Å². The van der Waals surface area contributed by atoms with Crippen LogP contribution < -0.4 is 5.73 Å². The number of aromatic nitrogens is 1. The summed E-state index contributed by atoms with van der Waals surface area (Å²) in [6.07, 6.45) is 0. The molecular weight excluding hydrogens is 226 g/mol. The van der Waals surface area contributed by atoms with E-state index in [1.165, 1.54) is 11.8 Å². The molecule has 4 N–H and O–H groups in total. The normalized spacial score (nSPS) is 11.8. The fourth-order valence-corrected chi connectivity index (χ4v) is 2.31. The van der Waals surface area contributed by atoms with E-state index in [-0.39, 0.29) is 12.4 Å². The summed E-state index contributed by atoms with van der Waals surface area (Å²) in [7, 11) is 0. The van der Waals surface area contributed by atoms with Gasteiger partial charge in [0.15, 0.2) is 5.84 Å². The van der Waals surface area contributed by atoms with Gasteiger partial charge in [0, 0.05) is 11.4 Å². The number of nitrogens with zero attached hydrogens (tertiary/aromatic N) is 2. The summed E-state index contributed by atoms with van der Waals surface area (Å²) in [5.41, 5.74) is 8.01. The Bertz CT molecular complexity index is 407. The van der Waals surface area contributed by atoms with Crippen LogP contribution in [0.4, 0.5) is 0 Å². The van der Waals surface area contributed by atoms with Crippen molar-refractivity contribution in [1.82, 2.24) is 4.98 Å². The van der Waals surface area contributed by atoms with Crippen LogP contribution in [0, 0.1) is 13.8 Å². The maximum atomic E-state index is 8.79. The highest BCUT2D eigenvalue weighted by Gasteiger charge is 2.13. The van der Waals surface area contributed by atoms with E-state index >= 15 is 0 Å². The molecule has 0 aliphatic rings. The topological polar surface area (TPSA) is 91.7 Å². The smallest absolute Gasteiger partial charge is 0.173 e. The van der Waals surface area contributed by atoms with Crippen LogP contribution >= 0.6 is 11.8 Å². The number of aryl methyl sites for hydroxylation is 2. The highest BCUT2D eigenvalue weighted by molar-refractivity contribution is 7.99. The first-order valence-corrected chi connectivity index (χ1v) is 5.78. The highest BCUT2D eigenvalue weighted by Crippen LogP contribution is 2.23. The van der Waals surface area contributed by atoms with Gasteiger partial charge in [-0.15, -0.1) is 11.8 Å². The average molecular weight is 241 g/mol. The standard InChI is InChI=1S/C10H15N3O2S/c1-6-5-7(2)12-10(16-4-3-14)8(6)9(11)13-15/h5,14-15H,3-4H2,1-2H3,(H2,11,13). The monoisotopic (exact) mass is 241 g/mol. The number of thioether (sulfide) groups is 1. The minimum Gasteiger partial charge on any atom is -0.409 e. The highest BCUT2D eigenvalue weighted by atomic mass is 32.2. The van der Waals surface area contributed by atoms with Crippen molar-refractivity contribution in [3.63, 3.8) is 0 Å². The van der Waals surface area contributed by atoms with Crippen LogP contribution in [0.1, 0.15) is 16.8 Å². The number of aliphatic hydroxyl groups is 1. The van der Waals surface area contributed by atoms with Crippen molar-refractivity contribution >= 4 is 17.6 Å². The van der Waals surface area contributed by atoms with E-state index in [9.17, 15) is 0 Å².